The number of hydrogen-bond acceptors (Lipinski definition) is 5. The molecular weight excluding hydrogens is 256 g/mol. The van der Waals surface area contributed by atoms with E-state index < -0.39 is 0 Å². The molecule has 0 unspecified atom stereocenters. The van der Waals surface area contributed by atoms with Crippen molar-refractivity contribution < 1.29 is 14.2 Å². The molecule has 0 saturated carbocycles. The topological polar surface area (TPSA) is 54.7 Å². The Hall–Kier alpha value is -1.61. The van der Waals surface area contributed by atoms with E-state index >= 15 is 0 Å². The third kappa shape index (κ3) is 5.17. The Balaban J connectivity index is 2.74. The number of methoxy groups -OCH3 is 3. The van der Waals surface area contributed by atoms with E-state index in [9.17, 15) is 0 Å². The zero-order valence-electron chi connectivity index (χ0n) is 12.4. The van der Waals surface area contributed by atoms with Crippen LogP contribution >= 0.6 is 0 Å². The molecule has 0 heterocycles. The van der Waals surface area contributed by atoms with Crippen LogP contribution in [0.5, 0.6) is 5.75 Å². The Labute approximate surface area is 120 Å². The van der Waals surface area contributed by atoms with Gasteiger partial charge in [-0.1, -0.05) is 6.07 Å². The fourth-order valence-electron chi connectivity index (χ4n) is 1.90. The smallest absolute Gasteiger partial charge is 0.136 e. The van der Waals surface area contributed by atoms with Crippen molar-refractivity contribution in [3.8, 4) is 11.8 Å². The molecule has 1 aromatic carbocycles. The normalized spacial score (nSPS) is 10.6. The first-order valence-corrected chi connectivity index (χ1v) is 6.52. The standard InChI is InChI=1S/C15H22N2O3/c1-18-8-6-17(7-9-19-2)12-13-4-5-14(11-16)15(10-13)20-3/h4-5,10H,6-9,12H2,1-3H3. The summed E-state index contributed by atoms with van der Waals surface area (Å²) in [6.07, 6.45) is 0. The van der Waals surface area contributed by atoms with Gasteiger partial charge in [-0.15, -0.1) is 0 Å². The van der Waals surface area contributed by atoms with Crippen molar-refractivity contribution in [2.75, 3.05) is 47.6 Å². The molecule has 0 fully saturated rings. The molecule has 1 rings (SSSR count). The molecule has 1 aromatic rings. The number of ether oxygens (including phenoxy) is 3. The van der Waals surface area contributed by atoms with Gasteiger partial charge in [0.2, 0.25) is 0 Å². The highest BCUT2D eigenvalue weighted by atomic mass is 16.5. The summed E-state index contributed by atoms with van der Waals surface area (Å²) in [6, 6.07) is 7.77. The first-order chi connectivity index (χ1) is 9.74. The molecule has 0 N–H and O–H groups in total. The molecule has 5 nitrogen and oxygen atoms in total. The molecule has 0 radical (unpaired) electrons. The maximum absolute atomic E-state index is 8.98. The highest BCUT2D eigenvalue weighted by Crippen LogP contribution is 2.20. The second-order valence-corrected chi connectivity index (χ2v) is 4.41. The second kappa shape index (κ2) is 9.32. The van der Waals surface area contributed by atoms with Gasteiger partial charge < -0.3 is 14.2 Å². The summed E-state index contributed by atoms with van der Waals surface area (Å²) in [6.45, 7) is 3.80. The lowest BCUT2D eigenvalue weighted by Crippen LogP contribution is -2.30. The largest absolute Gasteiger partial charge is 0.495 e. The van der Waals surface area contributed by atoms with Gasteiger partial charge in [-0.2, -0.15) is 5.26 Å². The molecule has 5 heteroatoms. The Morgan fingerprint density at radius 2 is 1.75 bits per heavy atom. The molecule has 0 aliphatic carbocycles. The summed E-state index contributed by atoms with van der Waals surface area (Å²) in [5.74, 6) is 0.614. The van der Waals surface area contributed by atoms with Crippen molar-refractivity contribution in [3.05, 3.63) is 29.3 Å². The molecule has 0 aliphatic rings. The Kier molecular flexibility index (Phi) is 7.66. The first kappa shape index (κ1) is 16.4. The minimum Gasteiger partial charge on any atom is -0.495 e. The molecule has 0 aromatic heterocycles. The number of benzene rings is 1. The summed E-state index contributed by atoms with van der Waals surface area (Å²) < 4.78 is 15.5. The van der Waals surface area contributed by atoms with Crippen LogP contribution in [0.25, 0.3) is 0 Å². The van der Waals surface area contributed by atoms with Crippen molar-refractivity contribution in [2.24, 2.45) is 0 Å². The molecule has 0 amide bonds. The van der Waals surface area contributed by atoms with E-state index in [0.29, 0.717) is 24.5 Å². The summed E-state index contributed by atoms with van der Waals surface area (Å²) in [5.41, 5.74) is 1.66. The molecule has 0 saturated heterocycles. The highest BCUT2D eigenvalue weighted by Gasteiger charge is 2.09. The van der Waals surface area contributed by atoms with Crippen molar-refractivity contribution >= 4 is 0 Å². The van der Waals surface area contributed by atoms with E-state index in [-0.39, 0.29) is 0 Å². The monoisotopic (exact) mass is 278 g/mol. The fourth-order valence-corrected chi connectivity index (χ4v) is 1.90. The van der Waals surface area contributed by atoms with Gasteiger partial charge in [0.15, 0.2) is 0 Å². The second-order valence-electron chi connectivity index (χ2n) is 4.41. The summed E-state index contributed by atoms with van der Waals surface area (Å²) >= 11 is 0. The first-order valence-electron chi connectivity index (χ1n) is 6.52. The number of rotatable bonds is 9. The van der Waals surface area contributed by atoms with Gasteiger partial charge in [0, 0.05) is 33.9 Å². The SMILES string of the molecule is COCCN(CCOC)Cc1ccc(C#N)c(OC)c1. The van der Waals surface area contributed by atoms with Crippen molar-refractivity contribution in [1.29, 1.82) is 5.26 Å². The Morgan fingerprint density at radius 3 is 2.25 bits per heavy atom. The minimum atomic E-state index is 0.552. The van der Waals surface area contributed by atoms with Gasteiger partial charge in [0.1, 0.15) is 11.8 Å². The summed E-state index contributed by atoms with van der Waals surface area (Å²) in [5, 5.41) is 8.98. The van der Waals surface area contributed by atoms with Gasteiger partial charge in [-0.05, 0) is 17.7 Å². The van der Waals surface area contributed by atoms with E-state index in [1.54, 1.807) is 27.4 Å². The van der Waals surface area contributed by atoms with Gasteiger partial charge >= 0.3 is 0 Å². The van der Waals surface area contributed by atoms with E-state index in [0.717, 1.165) is 25.2 Å². The van der Waals surface area contributed by atoms with Crippen LogP contribution in [-0.4, -0.2) is 52.5 Å². The molecular formula is C15H22N2O3. The molecule has 110 valence electrons. The average molecular weight is 278 g/mol. The Morgan fingerprint density at radius 1 is 1.10 bits per heavy atom. The predicted octanol–water partition coefficient (Wildman–Crippen LogP) is 1.66. The lowest BCUT2D eigenvalue weighted by Gasteiger charge is -2.22. The van der Waals surface area contributed by atoms with Crippen LogP contribution in [0.3, 0.4) is 0 Å². The van der Waals surface area contributed by atoms with Gasteiger partial charge in [-0.25, -0.2) is 0 Å². The van der Waals surface area contributed by atoms with Crippen LogP contribution in [0.2, 0.25) is 0 Å². The zero-order chi connectivity index (χ0) is 14.8. The molecule has 0 bridgehead atoms. The Bertz CT molecular complexity index is 435. The maximum atomic E-state index is 8.98. The number of nitrogens with zero attached hydrogens (tertiary/aromatic N) is 2. The molecule has 20 heavy (non-hydrogen) atoms. The number of nitriles is 1. The van der Waals surface area contributed by atoms with Crippen molar-refractivity contribution in [2.45, 2.75) is 6.54 Å². The van der Waals surface area contributed by atoms with E-state index in [1.165, 1.54) is 0 Å². The third-order valence-corrected chi connectivity index (χ3v) is 3.02. The van der Waals surface area contributed by atoms with Gasteiger partial charge in [0.05, 0.1) is 25.9 Å². The summed E-state index contributed by atoms with van der Waals surface area (Å²) in [4.78, 5) is 2.24. The average Bonchev–Trinajstić information content (AvgIpc) is 2.49. The quantitative estimate of drug-likeness (QED) is 0.687. The predicted molar refractivity (Wildman–Crippen MR) is 76.7 cm³/mol. The van der Waals surface area contributed by atoms with Crippen LogP contribution in [0, 0.1) is 11.3 Å². The van der Waals surface area contributed by atoms with Crippen LogP contribution in [0.15, 0.2) is 18.2 Å². The molecule has 0 spiro atoms. The maximum Gasteiger partial charge on any atom is 0.136 e. The number of hydrogen-bond donors (Lipinski definition) is 0. The van der Waals surface area contributed by atoms with Crippen molar-refractivity contribution in [1.82, 2.24) is 4.90 Å². The fraction of sp³-hybridized carbons (Fsp3) is 0.533. The van der Waals surface area contributed by atoms with Crippen molar-refractivity contribution in [3.63, 3.8) is 0 Å². The van der Waals surface area contributed by atoms with Crippen LogP contribution in [-0.2, 0) is 16.0 Å². The minimum absolute atomic E-state index is 0.552. The van der Waals surface area contributed by atoms with Crippen LogP contribution in [0.1, 0.15) is 11.1 Å². The van der Waals surface area contributed by atoms with Crippen LogP contribution < -0.4 is 4.74 Å². The lowest BCUT2D eigenvalue weighted by atomic mass is 10.1. The van der Waals surface area contributed by atoms with E-state index in [4.69, 9.17) is 19.5 Å². The zero-order valence-corrected chi connectivity index (χ0v) is 12.4. The molecule has 0 atom stereocenters. The lowest BCUT2D eigenvalue weighted by molar-refractivity contribution is 0.110. The summed E-state index contributed by atoms with van der Waals surface area (Å²) in [7, 11) is 4.96. The highest BCUT2D eigenvalue weighted by molar-refractivity contribution is 5.45. The van der Waals surface area contributed by atoms with E-state index in [2.05, 4.69) is 11.0 Å². The van der Waals surface area contributed by atoms with Gasteiger partial charge in [-0.3, -0.25) is 4.90 Å². The van der Waals surface area contributed by atoms with Gasteiger partial charge in [0.25, 0.3) is 0 Å². The van der Waals surface area contributed by atoms with Crippen LogP contribution in [0.4, 0.5) is 0 Å². The van der Waals surface area contributed by atoms with E-state index in [1.807, 2.05) is 12.1 Å². The molecule has 0 aliphatic heterocycles. The third-order valence-electron chi connectivity index (χ3n) is 3.02.